The highest BCUT2D eigenvalue weighted by Crippen LogP contribution is 2.17. The number of halogens is 1. The van der Waals surface area contributed by atoms with Crippen molar-refractivity contribution < 1.29 is 0 Å². The van der Waals surface area contributed by atoms with E-state index in [1.807, 2.05) is 0 Å². The van der Waals surface area contributed by atoms with Gasteiger partial charge in [0.1, 0.15) is 0 Å². The number of aryl methyl sites for hydroxylation is 1. The van der Waals surface area contributed by atoms with Gasteiger partial charge in [0.15, 0.2) is 0 Å². The number of benzene rings is 1. The first-order chi connectivity index (χ1) is 8.09. The van der Waals surface area contributed by atoms with Crippen LogP contribution in [0.5, 0.6) is 0 Å². The summed E-state index contributed by atoms with van der Waals surface area (Å²) in [6.45, 7) is 9.54. The number of nitrogens with one attached hydrogen (secondary N) is 2. The van der Waals surface area contributed by atoms with Crippen LogP contribution in [0.4, 0.5) is 0 Å². The summed E-state index contributed by atoms with van der Waals surface area (Å²) < 4.78 is 1.20. The van der Waals surface area contributed by atoms with Crippen molar-refractivity contribution in [3.8, 4) is 0 Å². The molecular weight excluding hydrogens is 276 g/mol. The summed E-state index contributed by atoms with van der Waals surface area (Å²) in [5, 5.41) is 6.88. The van der Waals surface area contributed by atoms with E-state index >= 15 is 0 Å². The third-order valence-corrected chi connectivity index (χ3v) is 3.35. The Hall–Kier alpha value is -0.380. The molecule has 0 saturated carbocycles. The van der Waals surface area contributed by atoms with Crippen molar-refractivity contribution in [2.45, 2.75) is 39.8 Å². The van der Waals surface area contributed by atoms with Gasteiger partial charge in [0.25, 0.3) is 0 Å². The molecule has 0 unspecified atom stereocenters. The molecule has 2 N–H and O–H groups in total. The van der Waals surface area contributed by atoms with E-state index in [0.29, 0.717) is 6.04 Å². The van der Waals surface area contributed by atoms with Crippen LogP contribution in [0.1, 0.15) is 31.4 Å². The van der Waals surface area contributed by atoms with Gasteiger partial charge in [-0.3, -0.25) is 0 Å². The van der Waals surface area contributed by atoms with Crippen molar-refractivity contribution in [1.82, 2.24) is 10.6 Å². The Labute approximate surface area is 113 Å². The van der Waals surface area contributed by atoms with E-state index in [1.165, 1.54) is 22.0 Å². The van der Waals surface area contributed by atoms with Crippen LogP contribution in [0.25, 0.3) is 0 Å². The molecule has 0 bridgehead atoms. The van der Waals surface area contributed by atoms with E-state index in [0.717, 1.165) is 19.6 Å². The second-order valence-electron chi connectivity index (χ2n) is 4.73. The number of rotatable bonds is 7. The molecule has 0 aliphatic rings. The van der Waals surface area contributed by atoms with Gasteiger partial charge in [-0.2, -0.15) is 0 Å². The first-order valence-electron chi connectivity index (χ1n) is 6.28. The minimum Gasteiger partial charge on any atom is -0.314 e. The Balaban J connectivity index is 2.18. The maximum absolute atomic E-state index is 3.60. The molecule has 0 saturated heterocycles. The molecule has 0 atom stereocenters. The average molecular weight is 299 g/mol. The maximum atomic E-state index is 3.60. The Morgan fingerprint density at radius 1 is 1.24 bits per heavy atom. The zero-order valence-corrected chi connectivity index (χ0v) is 12.6. The molecule has 96 valence electrons. The van der Waals surface area contributed by atoms with Gasteiger partial charge in [-0.1, -0.05) is 41.9 Å². The summed E-state index contributed by atoms with van der Waals surface area (Å²) in [6, 6.07) is 7.08. The highest BCUT2D eigenvalue weighted by atomic mass is 79.9. The van der Waals surface area contributed by atoms with E-state index < -0.39 is 0 Å². The van der Waals surface area contributed by atoms with Crippen LogP contribution in [0.15, 0.2) is 22.7 Å². The summed E-state index contributed by atoms with van der Waals surface area (Å²) in [5.74, 6) is 0. The molecule has 0 aliphatic carbocycles. The normalized spacial score (nSPS) is 11.1. The second kappa shape index (κ2) is 7.85. The lowest BCUT2D eigenvalue weighted by molar-refractivity contribution is 0.547. The van der Waals surface area contributed by atoms with Gasteiger partial charge in [0.05, 0.1) is 0 Å². The van der Waals surface area contributed by atoms with E-state index in [4.69, 9.17) is 0 Å². The van der Waals surface area contributed by atoms with Crippen LogP contribution in [-0.4, -0.2) is 19.1 Å². The van der Waals surface area contributed by atoms with Crippen molar-refractivity contribution in [1.29, 1.82) is 0 Å². The van der Waals surface area contributed by atoms with Gasteiger partial charge in [-0.25, -0.2) is 0 Å². The zero-order chi connectivity index (χ0) is 12.7. The summed E-state index contributed by atoms with van der Waals surface area (Å²) in [4.78, 5) is 0. The molecule has 0 fully saturated rings. The van der Waals surface area contributed by atoms with E-state index in [1.54, 1.807) is 0 Å². The van der Waals surface area contributed by atoms with Crippen molar-refractivity contribution in [2.75, 3.05) is 13.1 Å². The molecular formula is C14H23BrN2. The molecule has 0 aromatic heterocycles. The lowest BCUT2D eigenvalue weighted by Gasteiger charge is -2.09. The lowest BCUT2D eigenvalue weighted by Crippen LogP contribution is -2.26. The third-order valence-electron chi connectivity index (χ3n) is 2.61. The fraction of sp³-hybridized carbons (Fsp3) is 0.571. The van der Waals surface area contributed by atoms with Crippen molar-refractivity contribution in [2.24, 2.45) is 0 Å². The SMILES string of the molecule is Cc1ccc(CNCCCNC(C)C)c(Br)c1. The molecule has 0 spiro atoms. The molecule has 3 heteroatoms. The predicted octanol–water partition coefficient (Wildman–Crippen LogP) is 3.24. The number of hydrogen-bond acceptors (Lipinski definition) is 2. The average Bonchev–Trinajstić information content (AvgIpc) is 2.25. The predicted molar refractivity (Wildman–Crippen MR) is 78.3 cm³/mol. The highest BCUT2D eigenvalue weighted by Gasteiger charge is 1.99. The molecule has 1 aromatic rings. The summed E-state index contributed by atoms with van der Waals surface area (Å²) in [5.41, 5.74) is 2.62. The molecule has 0 amide bonds. The van der Waals surface area contributed by atoms with Crippen molar-refractivity contribution in [3.05, 3.63) is 33.8 Å². The largest absolute Gasteiger partial charge is 0.314 e. The molecule has 1 aromatic carbocycles. The molecule has 1 rings (SSSR count). The Morgan fingerprint density at radius 2 is 2.00 bits per heavy atom. The molecule has 0 radical (unpaired) electrons. The van der Waals surface area contributed by atoms with Gasteiger partial charge in [-0.05, 0) is 43.6 Å². The molecule has 0 heterocycles. The van der Waals surface area contributed by atoms with Crippen LogP contribution in [-0.2, 0) is 6.54 Å². The van der Waals surface area contributed by atoms with Crippen LogP contribution in [0.3, 0.4) is 0 Å². The fourth-order valence-electron chi connectivity index (χ4n) is 1.62. The number of hydrogen-bond donors (Lipinski definition) is 2. The quantitative estimate of drug-likeness (QED) is 0.755. The van der Waals surface area contributed by atoms with E-state index in [2.05, 4.69) is 65.5 Å². The van der Waals surface area contributed by atoms with Crippen molar-refractivity contribution in [3.63, 3.8) is 0 Å². The smallest absolute Gasteiger partial charge is 0.0222 e. The van der Waals surface area contributed by atoms with Crippen LogP contribution < -0.4 is 10.6 Å². The van der Waals surface area contributed by atoms with Crippen molar-refractivity contribution >= 4 is 15.9 Å². The minimum atomic E-state index is 0.584. The van der Waals surface area contributed by atoms with Crippen LogP contribution in [0, 0.1) is 6.92 Å². The molecule has 0 aliphatic heterocycles. The Morgan fingerprint density at radius 3 is 2.65 bits per heavy atom. The van der Waals surface area contributed by atoms with Gasteiger partial charge >= 0.3 is 0 Å². The summed E-state index contributed by atoms with van der Waals surface area (Å²) >= 11 is 3.60. The fourth-order valence-corrected chi connectivity index (χ4v) is 2.26. The standard InChI is InChI=1S/C14H23BrN2/c1-11(2)17-8-4-7-16-10-13-6-5-12(3)9-14(13)15/h5-6,9,11,16-17H,4,7-8,10H2,1-3H3. The lowest BCUT2D eigenvalue weighted by atomic mass is 10.1. The van der Waals surface area contributed by atoms with E-state index in [-0.39, 0.29) is 0 Å². The van der Waals surface area contributed by atoms with E-state index in [9.17, 15) is 0 Å². The Kier molecular flexibility index (Phi) is 6.78. The Bertz CT molecular complexity index is 337. The van der Waals surface area contributed by atoms with Crippen LogP contribution >= 0.6 is 15.9 Å². The first kappa shape index (κ1) is 14.7. The molecule has 17 heavy (non-hydrogen) atoms. The zero-order valence-electron chi connectivity index (χ0n) is 11.0. The summed E-state index contributed by atoms with van der Waals surface area (Å²) in [6.07, 6.45) is 1.17. The van der Waals surface area contributed by atoms with Gasteiger partial charge < -0.3 is 10.6 Å². The minimum absolute atomic E-state index is 0.584. The second-order valence-corrected chi connectivity index (χ2v) is 5.59. The summed E-state index contributed by atoms with van der Waals surface area (Å²) in [7, 11) is 0. The van der Waals surface area contributed by atoms with Gasteiger partial charge in [0, 0.05) is 17.1 Å². The highest BCUT2D eigenvalue weighted by molar-refractivity contribution is 9.10. The topological polar surface area (TPSA) is 24.1 Å². The monoisotopic (exact) mass is 298 g/mol. The van der Waals surface area contributed by atoms with Gasteiger partial charge in [0.2, 0.25) is 0 Å². The van der Waals surface area contributed by atoms with Gasteiger partial charge in [-0.15, -0.1) is 0 Å². The van der Waals surface area contributed by atoms with Crippen LogP contribution in [0.2, 0.25) is 0 Å². The maximum Gasteiger partial charge on any atom is 0.0222 e. The molecule has 2 nitrogen and oxygen atoms in total. The third kappa shape index (κ3) is 6.20. The first-order valence-corrected chi connectivity index (χ1v) is 7.08.